The number of anilines is 1. The van der Waals surface area contributed by atoms with Crippen LogP contribution in [-0.4, -0.2) is 0 Å². The monoisotopic (exact) mass is 193 g/mol. The van der Waals surface area contributed by atoms with Crippen molar-refractivity contribution < 1.29 is 0 Å². The van der Waals surface area contributed by atoms with Gasteiger partial charge in [0.25, 0.3) is 0 Å². The largest absolute Gasteiger partial charge is 0.398 e. The minimum Gasteiger partial charge on any atom is -0.398 e. The van der Waals surface area contributed by atoms with Crippen LogP contribution >= 0.6 is 11.8 Å². The second-order valence-electron chi connectivity index (χ2n) is 3.16. The van der Waals surface area contributed by atoms with Crippen LogP contribution < -0.4 is 5.73 Å². The van der Waals surface area contributed by atoms with Gasteiger partial charge in [0.05, 0.1) is 0 Å². The summed E-state index contributed by atoms with van der Waals surface area (Å²) in [7, 11) is 0. The first-order valence-corrected chi connectivity index (χ1v) is 5.09. The highest BCUT2D eigenvalue weighted by atomic mass is 32.2. The lowest BCUT2D eigenvalue weighted by Crippen LogP contribution is -1.96. The van der Waals surface area contributed by atoms with Crippen molar-refractivity contribution in [3.05, 3.63) is 34.7 Å². The van der Waals surface area contributed by atoms with Gasteiger partial charge < -0.3 is 5.73 Å². The van der Waals surface area contributed by atoms with Gasteiger partial charge in [-0.3, -0.25) is 0 Å². The summed E-state index contributed by atoms with van der Waals surface area (Å²) in [6.45, 7) is 9.94. The van der Waals surface area contributed by atoms with Gasteiger partial charge in [0.1, 0.15) is 0 Å². The van der Waals surface area contributed by atoms with E-state index in [4.69, 9.17) is 5.73 Å². The number of rotatable bonds is 2. The van der Waals surface area contributed by atoms with Crippen molar-refractivity contribution in [2.75, 3.05) is 5.73 Å². The molecule has 0 aliphatic carbocycles. The molecule has 2 heteroatoms. The molecule has 1 rings (SSSR count). The van der Waals surface area contributed by atoms with Crippen LogP contribution in [0.5, 0.6) is 0 Å². The van der Waals surface area contributed by atoms with Crippen LogP contribution in [-0.2, 0) is 0 Å². The number of hydrogen-bond donors (Lipinski definition) is 1. The molecule has 1 aromatic carbocycles. The van der Waals surface area contributed by atoms with Gasteiger partial charge in [0, 0.05) is 10.6 Å². The zero-order chi connectivity index (χ0) is 10.0. The van der Waals surface area contributed by atoms with Crippen LogP contribution in [0.4, 0.5) is 5.69 Å². The number of hydrogen-bond acceptors (Lipinski definition) is 2. The van der Waals surface area contributed by atoms with E-state index in [0.29, 0.717) is 0 Å². The highest BCUT2D eigenvalue weighted by Gasteiger charge is 2.07. The molecule has 0 amide bonds. The average molecular weight is 193 g/mol. The second kappa shape index (κ2) is 3.88. The summed E-state index contributed by atoms with van der Waals surface area (Å²) in [6, 6.07) is 2.12. The fourth-order valence-corrected chi connectivity index (χ4v) is 2.10. The number of nitrogen functional groups attached to an aromatic ring is 1. The van der Waals surface area contributed by atoms with Crippen LogP contribution in [0, 0.1) is 20.8 Å². The van der Waals surface area contributed by atoms with Gasteiger partial charge in [0.15, 0.2) is 0 Å². The van der Waals surface area contributed by atoms with Crippen LogP contribution in [0.15, 0.2) is 22.9 Å². The molecule has 0 unspecified atom stereocenters. The van der Waals surface area contributed by atoms with Crippen LogP contribution in [0.25, 0.3) is 0 Å². The van der Waals surface area contributed by atoms with E-state index in [0.717, 1.165) is 16.1 Å². The lowest BCUT2D eigenvalue weighted by molar-refractivity contribution is 1.21. The molecule has 2 N–H and O–H groups in total. The van der Waals surface area contributed by atoms with Crippen molar-refractivity contribution in [3.63, 3.8) is 0 Å². The molecule has 0 aromatic heterocycles. The molecule has 13 heavy (non-hydrogen) atoms. The molecule has 0 spiro atoms. The third kappa shape index (κ3) is 1.89. The SMILES string of the molecule is C=CSc1c(C)c(C)cc(C)c1N. The molecule has 0 saturated heterocycles. The highest BCUT2D eigenvalue weighted by Crippen LogP contribution is 2.33. The Balaban J connectivity index is 3.36. The lowest BCUT2D eigenvalue weighted by atomic mass is 10.1. The van der Waals surface area contributed by atoms with Crippen molar-refractivity contribution >= 4 is 17.4 Å². The van der Waals surface area contributed by atoms with Gasteiger partial charge in [-0.2, -0.15) is 0 Å². The maximum Gasteiger partial charge on any atom is 0.0488 e. The van der Waals surface area contributed by atoms with Crippen molar-refractivity contribution in [2.45, 2.75) is 25.7 Å². The van der Waals surface area contributed by atoms with E-state index in [1.54, 1.807) is 11.8 Å². The van der Waals surface area contributed by atoms with Gasteiger partial charge in [-0.05, 0) is 42.9 Å². The first kappa shape index (κ1) is 10.2. The van der Waals surface area contributed by atoms with Crippen molar-refractivity contribution in [2.24, 2.45) is 0 Å². The third-order valence-corrected chi connectivity index (χ3v) is 3.16. The Morgan fingerprint density at radius 1 is 1.31 bits per heavy atom. The molecule has 1 aromatic rings. The molecule has 0 saturated carbocycles. The van der Waals surface area contributed by atoms with E-state index in [1.165, 1.54) is 11.1 Å². The van der Waals surface area contributed by atoms with Gasteiger partial charge in [-0.1, -0.05) is 24.4 Å². The Bertz CT molecular complexity index is 316. The van der Waals surface area contributed by atoms with E-state index in [1.807, 2.05) is 12.3 Å². The predicted octanol–water partition coefficient (Wildman–Crippen LogP) is 3.43. The summed E-state index contributed by atoms with van der Waals surface area (Å²) in [5.41, 5.74) is 10.5. The molecule has 0 aliphatic heterocycles. The van der Waals surface area contributed by atoms with E-state index < -0.39 is 0 Å². The Kier molecular flexibility index (Phi) is 3.04. The number of nitrogens with two attached hydrogens (primary N) is 1. The molecule has 0 fully saturated rings. The smallest absolute Gasteiger partial charge is 0.0488 e. The maximum atomic E-state index is 5.97. The minimum absolute atomic E-state index is 0.882. The zero-order valence-electron chi connectivity index (χ0n) is 8.35. The summed E-state index contributed by atoms with van der Waals surface area (Å²) < 4.78 is 0. The topological polar surface area (TPSA) is 26.0 Å². The average Bonchev–Trinajstić information content (AvgIpc) is 2.09. The number of thioether (sulfide) groups is 1. The highest BCUT2D eigenvalue weighted by molar-refractivity contribution is 8.02. The Hall–Kier alpha value is -0.890. The van der Waals surface area contributed by atoms with Gasteiger partial charge in [-0.15, -0.1) is 0 Å². The summed E-state index contributed by atoms with van der Waals surface area (Å²) in [6.07, 6.45) is 0. The Labute approximate surface area is 84.0 Å². The van der Waals surface area contributed by atoms with E-state index >= 15 is 0 Å². The fourth-order valence-electron chi connectivity index (χ4n) is 1.31. The lowest BCUT2D eigenvalue weighted by Gasteiger charge is -2.12. The zero-order valence-corrected chi connectivity index (χ0v) is 9.16. The normalized spacial score (nSPS) is 10.1. The Morgan fingerprint density at radius 2 is 1.92 bits per heavy atom. The molecular formula is C11H15NS. The van der Waals surface area contributed by atoms with Crippen LogP contribution in [0.1, 0.15) is 16.7 Å². The van der Waals surface area contributed by atoms with Crippen LogP contribution in [0.3, 0.4) is 0 Å². The van der Waals surface area contributed by atoms with E-state index in [2.05, 4.69) is 26.5 Å². The van der Waals surface area contributed by atoms with Gasteiger partial charge >= 0.3 is 0 Å². The third-order valence-electron chi connectivity index (χ3n) is 2.24. The van der Waals surface area contributed by atoms with Crippen molar-refractivity contribution in [1.29, 1.82) is 0 Å². The summed E-state index contributed by atoms with van der Waals surface area (Å²) in [5.74, 6) is 0. The fraction of sp³-hybridized carbons (Fsp3) is 0.273. The van der Waals surface area contributed by atoms with Crippen molar-refractivity contribution in [3.8, 4) is 0 Å². The van der Waals surface area contributed by atoms with Crippen LogP contribution in [0.2, 0.25) is 0 Å². The molecule has 0 aliphatic rings. The first-order valence-electron chi connectivity index (χ1n) is 4.21. The molecule has 1 nitrogen and oxygen atoms in total. The summed E-state index contributed by atoms with van der Waals surface area (Å²) in [4.78, 5) is 1.15. The van der Waals surface area contributed by atoms with E-state index in [9.17, 15) is 0 Å². The quantitative estimate of drug-likeness (QED) is 0.575. The number of aryl methyl sites for hydroxylation is 2. The Morgan fingerprint density at radius 3 is 2.46 bits per heavy atom. The van der Waals surface area contributed by atoms with Gasteiger partial charge in [-0.25, -0.2) is 0 Å². The molecule has 0 heterocycles. The molecule has 70 valence electrons. The minimum atomic E-state index is 0.882. The predicted molar refractivity (Wildman–Crippen MR) is 61.1 cm³/mol. The maximum absolute atomic E-state index is 5.97. The second-order valence-corrected chi connectivity index (χ2v) is 4.14. The van der Waals surface area contributed by atoms with E-state index in [-0.39, 0.29) is 0 Å². The molecule has 0 bridgehead atoms. The van der Waals surface area contributed by atoms with Crippen molar-refractivity contribution in [1.82, 2.24) is 0 Å². The first-order chi connectivity index (χ1) is 6.07. The number of benzene rings is 1. The summed E-state index contributed by atoms with van der Waals surface area (Å²) >= 11 is 1.60. The summed E-state index contributed by atoms with van der Waals surface area (Å²) in [5, 5.41) is 1.82. The standard InChI is InChI=1S/C11H15NS/c1-5-13-11-9(4)7(2)6-8(3)10(11)12/h5-6H,1,12H2,2-4H3. The molecular weight excluding hydrogens is 178 g/mol. The molecule has 0 radical (unpaired) electrons. The molecule has 0 atom stereocenters. The van der Waals surface area contributed by atoms with Gasteiger partial charge in [0.2, 0.25) is 0 Å².